The number of fused-ring (bicyclic) bond motifs is 1. The van der Waals surface area contributed by atoms with Gasteiger partial charge in [-0.15, -0.1) is 0 Å². The lowest BCUT2D eigenvalue weighted by Gasteiger charge is -2.12. The molecular weight excluding hydrogens is 256 g/mol. The second kappa shape index (κ2) is 6.23. The lowest BCUT2D eigenvalue weighted by Crippen LogP contribution is -2.07. The maximum absolute atomic E-state index is 11.8. The van der Waals surface area contributed by atoms with Gasteiger partial charge in [0.25, 0.3) is 0 Å². The van der Waals surface area contributed by atoms with Crippen molar-refractivity contribution in [2.75, 3.05) is 26.1 Å². The molecule has 0 spiro atoms. The van der Waals surface area contributed by atoms with Gasteiger partial charge >= 0.3 is 5.97 Å². The van der Waals surface area contributed by atoms with Gasteiger partial charge in [0.2, 0.25) is 0 Å². The van der Waals surface area contributed by atoms with Crippen molar-refractivity contribution in [3.8, 4) is 5.75 Å². The molecule has 0 aliphatic carbocycles. The van der Waals surface area contributed by atoms with E-state index in [1.807, 2.05) is 18.2 Å². The summed E-state index contributed by atoms with van der Waals surface area (Å²) in [7, 11) is 3.12. The van der Waals surface area contributed by atoms with Crippen LogP contribution in [0.15, 0.2) is 24.4 Å². The summed E-state index contributed by atoms with van der Waals surface area (Å²) in [4.78, 5) is 16.0. The quantitative estimate of drug-likeness (QED) is 0.849. The van der Waals surface area contributed by atoms with Gasteiger partial charge in [-0.25, -0.2) is 4.79 Å². The Hall–Kier alpha value is -2.30. The van der Waals surface area contributed by atoms with Gasteiger partial charge in [0.1, 0.15) is 11.3 Å². The number of esters is 1. The summed E-state index contributed by atoms with van der Waals surface area (Å²) >= 11 is 0. The van der Waals surface area contributed by atoms with Crippen molar-refractivity contribution in [3.05, 3.63) is 30.0 Å². The molecule has 0 atom stereocenters. The number of hydrogen-bond donors (Lipinski definition) is 1. The molecule has 20 heavy (non-hydrogen) atoms. The third-order valence-electron chi connectivity index (χ3n) is 2.97. The number of rotatable bonds is 5. The number of nitrogens with one attached hydrogen (secondary N) is 1. The van der Waals surface area contributed by atoms with E-state index < -0.39 is 5.97 Å². The van der Waals surface area contributed by atoms with Crippen LogP contribution in [0, 0.1) is 0 Å². The summed E-state index contributed by atoms with van der Waals surface area (Å²) in [5, 5.41) is 3.88. The normalized spacial score (nSPS) is 10.3. The summed E-state index contributed by atoms with van der Waals surface area (Å²) < 4.78 is 10.4. The average Bonchev–Trinajstić information content (AvgIpc) is 2.50. The third-order valence-corrected chi connectivity index (χ3v) is 2.97. The predicted molar refractivity (Wildman–Crippen MR) is 78.4 cm³/mol. The van der Waals surface area contributed by atoms with Gasteiger partial charge in [0.15, 0.2) is 0 Å². The second-order valence-electron chi connectivity index (χ2n) is 4.32. The summed E-state index contributed by atoms with van der Waals surface area (Å²) in [5.74, 6) is 0.350. The molecule has 5 heteroatoms. The monoisotopic (exact) mass is 274 g/mol. The van der Waals surface area contributed by atoms with Crippen molar-refractivity contribution in [1.82, 2.24) is 4.98 Å². The first kappa shape index (κ1) is 14.1. The molecule has 0 bridgehead atoms. The van der Waals surface area contributed by atoms with Gasteiger partial charge in [-0.1, -0.05) is 6.92 Å². The van der Waals surface area contributed by atoms with E-state index in [1.165, 1.54) is 13.3 Å². The average molecular weight is 274 g/mol. The largest absolute Gasteiger partial charge is 0.494 e. The van der Waals surface area contributed by atoms with Gasteiger partial charge in [0.05, 0.1) is 24.9 Å². The van der Waals surface area contributed by atoms with Crippen molar-refractivity contribution in [2.24, 2.45) is 0 Å². The van der Waals surface area contributed by atoms with Crippen LogP contribution in [0.3, 0.4) is 0 Å². The van der Waals surface area contributed by atoms with Crippen molar-refractivity contribution >= 4 is 22.6 Å². The minimum Gasteiger partial charge on any atom is -0.494 e. The molecule has 0 amide bonds. The maximum Gasteiger partial charge on any atom is 0.341 e. The van der Waals surface area contributed by atoms with Gasteiger partial charge in [-0.2, -0.15) is 0 Å². The molecule has 5 nitrogen and oxygen atoms in total. The molecule has 2 aromatic rings. The van der Waals surface area contributed by atoms with Crippen LogP contribution < -0.4 is 10.1 Å². The summed E-state index contributed by atoms with van der Waals surface area (Å²) in [6, 6.07) is 5.64. The summed E-state index contributed by atoms with van der Waals surface area (Å²) in [6.07, 6.45) is 2.46. The fourth-order valence-electron chi connectivity index (χ4n) is 2.02. The topological polar surface area (TPSA) is 60.5 Å². The van der Waals surface area contributed by atoms with Crippen LogP contribution >= 0.6 is 0 Å². The minimum absolute atomic E-state index is 0.412. The number of aromatic nitrogens is 1. The van der Waals surface area contributed by atoms with E-state index in [1.54, 1.807) is 7.05 Å². The number of nitrogens with zero attached hydrogens (tertiary/aromatic N) is 1. The van der Waals surface area contributed by atoms with Crippen LogP contribution in [0.25, 0.3) is 10.9 Å². The lowest BCUT2D eigenvalue weighted by atomic mass is 10.1. The van der Waals surface area contributed by atoms with E-state index in [0.717, 1.165) is 23.1 Å². The summed E-state index contributed by atoms with van der Waals surface area (Å²) in [5.41, 5.74) is 1.91. The first-order valence-electron chi connectivity index (χ1n) is 6.52. The van der Waals surface area contributed by atoms with Crippen molar-refractivity contribution < 1.29 is 14.3 Å². The van der Waals surface area contributed by atoms with Crippen LogP contribution in [-0.2, 0) is 4.74 Å². The third kappa shape index (κ3) is 2.66. The molecule has 1 heterocycles. The van der Waals surface area contributed by atoms with E-state index >= 15 is 0 Å². The maximum atomic E-state index is 11.8. The molecule has 0 aliphatic heterocycles. The number of carbonyl (C=O) groups is 1. The highest BCUT2D eigenvalue weighted by Crippen LogP contribution is 2.29. The van der Waals surface area contributed by atoms with Crippen molar-refractivity contribution in [2.45, 2.75) is 13.3 Å². The molecule has 1 N–H and O–H groups in total. The zero-order chi connectivity index (χ0) is 14.5. The van der Waals surface area contributed by atoms with E-state index in [9.17, 15) is 4.79 Å². The Labute approximate surface area is 117 Å². The molecule has 1 aromatic heterocycles. The standard InChI is InChI=1S/C15H18N2O3/c1-4-7-20-10-5-6-13-11(8-10)14(16-2)12(9-17-13)15(18)19-3/h5-6,8-9H,4,7H2,1-3H3,(H,16,17). The fourth-order valence-corrected chi connectivity index (χ4v) is 2.02. The van der Waals surface area contributed by atoms with Gasteiger partial charge < -0.3 is 14.8 Å². The van der Waals surface area contributed by atoms with Crippen LogP contribution in [0.5, 0.6) is 5.75 Å². The molecule has 0 saturated carbocycles. The number of ether oxygens (including phenoxy) is 2. The first-order valence-corrected chi connectivity index (χ1v) is 6.52. The Bertz CT molecular complexity index is 626. The molecule has 2 rings (SSSR count). The number of pyridine rings is 1. The fraction of sp³-hybridized carbons (Fsp3) is 0.333. The Morgan fingerprint density at radius 2 is 2.20 bits per heavy atom. The molecule has 106 valence electrons. The zero-order valence-corrected chi connectivity index (χ0v) is 11.9. The van der Waals surface area contributed by atoms with Crippen LogP contribution in [0.1, 0.15) is 23.7 Å². The number of methoxy groups -OCH3 is 1. The van der Waals surface area contributed by atoms with Crippen LogP contribution in [0.2, 0.25) is 0 Å². The van der Waals surface area contributed by atoms with Crippen LogP contribution in [-0.4, -0.2) is 31.7 Å². The highest BCUT2D eigenvalue weighted by molar-refractivity contribution is 6.05. The molecule has 0 aliphatic rings. The van der Waals surface area contributed by atoms with Gasteiger partial charge in [-0.3, -0.25) is 4.98 Å². The molecule has 0 radical (unpaired) electrons. The number of anilines is 1. The predicted octanol–water partition coefficient (Wildman–Crippen LogP) is 2.85. The van der Waals surface area contributed by atoms with Gasteiger partial charge in [-0.05, 0) is 24.6 Å². The Balaban J connectivity index is 2.55. The van der Waals surface area contributed by atoms with E-state index in [0.29, 0.717) is 17.9 Å². The van der Waals surface area contributed by atoms with Gasteiger partial charge in [0, 0.05) is 18.6 Å². The number of hydrogen-bond acceptors (Lipinski definition) is 5. The summed E-state index contributed by atoms with van der Waals surface area (Å²) in [6.45, 7) is 2.71. The minimum atomic E-state index is -0.413. The highest BCUT2D eigenvalue weighted by atomic mass is 16.5. The Morgan fingerprint density at radius 1 is 1.40 bits per heavy atom. The lowest BCUT2D eigenvalue weighted by molar-refractivity contribution is 0.0601. The molecular formula is C15H18N2O3. The number of carbonyl (C=O) groups excluding carboxylic acids is 1. The molecule has 0 unspecified atom stereocenters. The Kier molecular flexibility index (Phi) is 4.40. The molecule has 1 aromatic carbocycles. The zero-order valence-electron chi connectivity index (χ0n) is 11.9. The van der Waals surface area contributed by atoms with Crippen molar-refractivity contribution in [3.63, 3.8) is 0 Å². The molecule has 0 saturated heterocycles. The van der Waals surface area contributed by atoms with Crippen LogP contribution in [0.4, 0.5) is 5.69 Å². The second-order valence-corrected chi connectivity index (χ2v) is 4.32. The molecule has 0 fully saturated rings. The SMILES string of the molecule is CCCOc1ccc2ncc(C(=O)OC)c(NC)c2c1. The van der Waals surface area contributed by atoms with E-state index in [-0.39, 0.29) is 0 Å². The Morgan fingerprint density at radius 3 is 2.85 bits per heavy atom. The number of benzene rings is 1. The van der Waals surface area contributed by atoms with Crippen molar-refractivity contribution in [1.29, 1.82) is 0 Å². The van der Waals surface area contributed by atoms with E-state index in [4.69, 9.17) is 9.47 Å². The first-order chi connectivity index (χ1) is 9.71. The van der Waals surface area contributed by atoms with E-state index in [2.05, 4.69) is 17.2 Å². The highest BCUT2D eigenvalue weighted by Gasteiger charge is 2.15. The smallest absolute Gasteiger partial charge is 0.341 e.